The molecule has 0 fully saturated rings. The maximum Gasteiger partial charge on any atom is 0.331 e. The van der Waals surface area contributed by atoms with E-state index in [1.165, 1.54) is 12.2 Å². The number of amides is 1. The van der Waals surface area contributed by atoms with Crippen LogP contribution in [-0.4, -0.2) is 25.6 Å². The van der Waals surface area contributed by atoms with Gasteiger partial charge in [-0.05, 0) is 42.2 Å². The summed E-state index contributed by atoms with van der Waals surface area (Å²) in [5, 5.41) is 3.73. The normalized spacial score (nSPS) is 11.0. The molecule has 0 atom stereocenters. The Kier molecular flexibility index (Phi) is 6.91. The number of ether oxygens (including phenoxy) is 2. The molecule has 0 saturated heterocycles. The van der Waals surface area contributed by atoms with E-state index in [2.05, 4.69) is 5.32 Å². The fourth-order valence-electron chi connectivity index (χ4n) is 3.21. The number of anilines is 1. The van der Waals surface area contributed by atoms with Crippen LogP contribution in [0.3, 0.4) is 0 Å². The first-order valence-corrected chi connectivity index (χ1v) is 9.87. The van der Waals surface area contributed by atoms with Gasteiger partial charge in [0.25, 0.3) is 5.91 Å². The van der Waals surface area contributed by atoms with Gasteiger partial charge in [0.1, 0.15) is 5.76 Å². The number of esters is 1. The average Bonchev–Trinajstić information content (AvgIpc) is 3.19. The Hall–Kier alpha value is -3.54. The van der Waals surface area contributed by atoms with E-state index in [0.717, 1.165) is 35.0 Å². The molecule has 1 amide bonds. The molecule has 0 bridgehead atoms. The van der Waals surface area contributed by atoms with Crippen LogP contribution in [0.2, 0.25) is 0 Å². The van der Waals surface area contributed by atoms with Crippen LogP contribution in [0, 0.1) is 0 Å². The first-order valence-electron chi connectivity index (χ1n) is 9.87. The lowest BCUT2D eigenvalue weighted by molar-refractivity contribution is -0.142. The van der Waals surface area contributed by atoms with E-state index in [9.17, 15) is 9.59 Å². The van der Waals surface area contributed by atoms with E-state index in [4.69, 9.17) is 13.9 Å². The maximum absolute atomic E-state index is 12.3. The molecule has 0 saturated carbocycles. The Morgan fingerprint density at radius 2 is 1.77 bits per heavy atom. The third kappa shape index (κ3) is 4.89. The second-order valence-electron chi connectivity index (χ2n) is 6.67. The second-order valence-corrected chi connectivity index (χ2v) is 6.67. The van der Waals surface area contributed by atoms with Gasteiger partial charge in [-0.1, -0.05) is 44.2 Å². The maximum atomic E-state index is 12.3. The first kappa shape index (κ1) is 21.2. The summed E-state index contributed by atoms with van der Waals surface area (Å²) in [6.07, 6.45) is 4.33. The number of nitrogens with one attached hydrogen (secondary N) is 1. The molecule has 1 heterocycles. The van der Waals surface area contributed by atoms with Crippen LogP contribution in [0.25, 0.3) is 17.0 Å². The topological polar surface area (TPSA) is 77.8 Å². The van der Waals surface area contributed by atoms with Crippen LogP contribution in [0.5, 0.6) is 5.75 Å². The van der Waals surface area contributed by atoms with Gasteiger partial charge in [-0.3, -0.25) is 4.79 Å². The van der Waals surface area contributed by atoms with E-state index < -0.39 is 5.97 Å². The third-order valence-electron chi connectivity index (χ3n) is 4.74. The van der Waals surface area contributed by atoms with Gasteiger partial charge >= 0.3 is 5.97 Å². The summed E-state index contributed by atoms with van der Waals surface area (Å²) in [5.74, 6) is 0.100. The van der Waals surface area contributed by atoms with Crippen molar-refractivity contribution in [3.05, 3.63) is 65.4 Å². The number of para-hydroxylation sites is 2. The van der Waals surface area contributed by atoms with Crippen LogP contribution in [0.1, 0.15) is 30.7 Å². The van der Waals surface area contributed by atoms with Gasteiger partial charge in [0.15, 0.2) is 17.9 Å². The molecular weight excluding hydrogens is 382 g/mol. The number of rotatable bonds is 8. The summed E-state index contributed by atoms with van der Waals surface area (Å²) in [6, 6.07) is 13.3. The molecule has 0 aliphatic carbocycles. The lowest BCUT2D eigenvalue weighted by Gasteiger charge is -2.14. The highest BCUT2D eigenvalue weighted by Gasteiger charge is 2.12. The number of hydrogen-bond donors (Lipinski definition) is 1. The SMILES string of the molecule is CCc1cccc(CC)c1NC(=O)COC(=O)C=Cc1cc2cccc(OC)c2o1. The minimum atomic E-state index is -0.628. The van der Waals surface area contributed by atoms with E-state index in [1.54, 1.807) is 19.2 Å². The minimum absolute atomic E-state index is 0.363. The molecule has 0 unspecified atom stereocenters. The number of fused-ring (bicyclic) bond motifs is 1. The van der Waals surface area contributed by atoms with Crippen molar-refractivity contribution in [3.8, 4) is 5.75 Å². The molecule has 1 aromatic heterocycles. The Morgan fingerprint density at radius 1 is 1.07 bits per heavy atom. The third-order valence-corrected chi connectivity index (χ3v) is 4.74. The highest BCUT2D eigenvalue weighted by atomic mass is 16.5. The van der Waals surface area contributed by atoms with Crippen molar-refractivity contribution in [1.29, 1.82) is 0 Å². The number of hydrogen-bond acceptors (Lipinski definition) is 5. The quantitative estimate of drug-likeness (QED) is 0.430. The zero-order valence-electron chi connectivity index (χ0n) is 17.4. The van der Waals surface area contributed by atoms with Crippen molar-refractivity contribution in [2.45, 2.75) is 26.7 Å². The summed E-state index contributed by atoms with van der Waals surface area (Å²) in [7, 11) is 1.57. The van der Waals surface area contributed by atoms with Gasteiger partial charge < -0.3 is 19.2 Å². The summed E-state index contributed by atoms with van der Waals surface area (Å²) in [5.41, 5.74) is 3.51. The second kappa shape index (κ2) is 9.78. The Balaban J connectivity index is 1.59. The molecule has 0 aliphatic heterocycles. The van der Waals surface area contributed by atoms with Gasteiger partial charge in [0.05, 0.1) is 7.11 Å². The van der Waals surface area contributed by atoms with Crippen molar-refractivity contribution < 1.29 is 23.5 Å². The van der Waals surface area contributed by atoms with Crippen molar-refractivity contribution in [2.24, 2.45) is 0 Å². The van der Waals surface area contributed by atoms with E-state index >= 15 is 0 Å². The number of methoxy groups -OCH3 is 1. The molecule has 3 rings (SSSR count). The number of carbonyl (C=O) groups is 2. The summed E-state index contributed by atoms with van der Waals surface area (Å²) >= 11 is 0. The van der Waals surface area contributed by atoms with E-state index in [-0.39, 0.29) is 12.5 Å². The van der Waals surface area contributed by atoms with Crippen molar-refractivity contribution >= 4 is 34.6 Å². The highest BCUT2D eigenvalue weighted by Crippen LogP contribution is 2.29. The van der Waals surface area contributed by atoms with Crippen LogP contribution >= 0.6 is 0 Å². The molecule has 6 nitrogen and oxygen atoms in total. The van der Waals surface area contributed by atoms with Crippen molar-refractivity contribution in [1.82, 2.24) is 0 Å². The predicted molar refractivity (Wildman–Crippen MR) is 117 cm³/mol. The van der Waals surface area contributed by atoms with Crippen LogP contribution < -0.4 is 10.1 Å². The van der Waals surface area contributed by atoms with E-state index in [0.29, 0.717) is 17.1 Å². The van der Waals surface area contributed by atoms with Gasteiger partial charge in [0, 0.05) is 17.1 Å². The number of furan rings is 1. The fraction of sp³-hybridized carbons (Fsp3) is 0.250. The Morgan fingerprint density at radius 3 is 2.43 bits per heavy atom. The number of benzene rings is 2. The highest BCUT2D eigenvalue weighted by molar-refractivity contribution is 5.96. The number of carbonyl (C=O) groups excluding carboxylic acids is 2. The monoisotopic (exact) mass is 407 g/mol. The zero-order chi connectivity index (χ0) is 21.5. The predicted octanol–water partition coefficient (Wildman–Crippen LogP) is 4.76. The van der Waals surface area contributed by atoms with Crippen LogP contribution in [0.4, 0.5) is 5.69 Å². The van der Waals surface area contributed by atoms with Crippen molar-refractivity contribution in [2.75, 3.05) is 19.0 Å². The molecular formula is C24H25NO5. The fourth-order valence-corrected chi connectivity index (χ4v) is 3.21. The lowest BCUT2D eigenvalue weighted by Crippen LogP contribution is -2.21. The zero-order valence-corrected chi connectivity index (χ0v) is 17.4. The van der Waals surface area contributed by atoms with Gasteiger partial charge in [0.2, 0.25) is 0 Å². The van der Waals surface area contributed by atoms with Crippen molar-refractivity contribution in [3.63, 3.8) is 0 Å². The first-order chi connectivity index (χ1) is 14.5. The largest absolute Gasteiger partial charge is 0.493 e. The summed E-state index contributed by atoms with van der Waals surface area (Å²) in [4.78, 5) is 24.3. The molecule has 0 spiro atoms. The molecule has 0 radical (unpaired) electrons. The smallest absolute Gasteiger partial charge is 0.331 e. The average molecular weight is 407 g/mol. The Labute approximate surface area is 175 Å². The van der Waals surface area contributed by atoms with E-state index in [1.807, 2.05) is 44.2 Å². The molecule has 30 heavy (non-hydrogen) atoms. The molecule has 3 aromatic rings. The lowest BCUT2D eigenvalue weighted by atomic mass is 10.0. The molecule has 156 valence electrons. The summed E-state index contributed by atoms with van der Waals surface area (Å²) < 4.78 is 16.0. The standard InChI is InChI=1S/C24H25NO5/c1-4-16-8-6-9-17(5-2)23(16)25-21(26)15-29-22(27)13-12-19-14-18-10-7-11-20(28-3)24(18)30-19/h6-14H,4-5,15H2,1-3H3,(H,25,26). The van der Waals surface area contributed by atoms with Gasteiger partial charge in [-0.2, -0.15) is 0 Å². The minimum Gasteiger partial charge on any atom is -0.493 e. The van der Waals surface area contributed by atoms with Gasteiger partial charge in [-0.15, -0.1) is 0 Å². The molecule has 1 N–H and O–H groups in total. The molecule has 0 aliphatic rings. The number of aryl methyl sites for hydroxylation is 2. The summed E-state index contributed by atoms with van der Waals surface area (Å²) in [6.45, 7) is 3.70. The van der Waals surface area contributed by atoms with Gasteiger partial charge in [-0.25, -0.2) is 4.79 Å². The molecule has 6 heteroatoms. The van der Waals surface area contributed by atoms with Crippen LogP contribution in [-0.2, 0) is 27.2 Å². The Bertz CT molecular complexity index is 1060. The molecule has 2 aromatic carbocycles. The van der Waals surface area contributed by atoms with Crippen LogP contribution in [0.15, 0.2) is 53.0 Å².